The van der Waals surface area contributed by atoms with E-state index in [9.17, 15) is 18.3 Å². The van der Waals surface area contributed by atoms with Crippen LogP contribution in [0, 0.1) is 0 Å². The van der Waals surface area contributed by atoms with Crippen LogP contribution in [0.1, 0.15) is 11.8 Å². The summed E-state index contributed by atoms with van der Waals surface area (Å²) in [6.07, 6.45) is 0. The van der Waals surface area contributed by atoms with Gasteiger partial charge in [-0.25, -0.2) is 0 Å². The van der Waals surface area contributed by atoms with Crippen LogP contribution in [0.2, 0.25) is 0 Å². The van der Waals surface area contributed by atoms with E-state index in [-0.39, 0.29) is 48.0 Å². The van der Waals surface area contributed by atoms with Gasteiger partial charge < -0.3 is 11.8 Å². The number of nitrogens with one attached hydrogen (secondary N) is 1. The molecule has 0 unspecified atom stereocenters. The molecule has 0 aliphatic rings. The van der Waals surface area contributed by atoms with Gasteiger partial charge in [0, 0.05) is 17.0 Å². The number of carbonyl (C=O) groups excluding carboxylic acids is 1. The Labute approximate surface area is 168 Å². The van der Waals surface area contributed by atoms with Crippen molar-refractivity contribution in [2.75, 3.05) is 5.32 Å². The number of anilines is 1. The molecule has 0 spiro atoms. The number of aromatic hydroxyl groups is 1. The van der Waals surface area contributed by atoms with E-state index in [4.69, 9.17) is 4.55 Å². The summed E-state index contributed by atoms with van der Waals surface area (Å²) in [6.45, 7) is 0. The van der Waals surface area contributed by atoms with Gasteiger partial charge in [-0.15, -0.1) is 0 Å². The van der Waals surface area contributed by atoms with Crippen LogP contribution in [0.5, 0.6) is 5.75 Å². The third kappa shape index (κ3) is 4.20. The van der Waals surface area contributed by atoms with Crippen molar-refractivity contribution in [3.05, 3.63) is 66.2 Å². The molecule has 0 aromatic heterocycles. The Hall–Kier alpha value is -1.90. The van der Waals surface area contributed by atoms with Gasteiger partial charge in [0.15, 0.2) is 0 Å². The van der Waals surface area contributed by atoms with Crippen molar-refractivity contribution in [3.8, 4) is 5.75 Å². The second kappa shape index (κ2) is 7.55. The Morgan fingerprint density at radius 2 is 1.68 bits per heavy atom. The molecule has 0 atom stereocenters. The van der Waals surface area contributed by atoms with E-state index in [2.05, 4.69) is 5.32 Å². The first kappa shape index (κ1) is 19.4. The number of hydrogen-bond acceptors (Lipinski definition) is 4. The fraction of sp³-hybridized carbons (Fsp3) is 0. The summed E-state index contributed by atoms with van der Waals surface area (Å²) in [4.78, 5) is 11.8. The average Bonchev–Trinajstić information content (AvgIpc) is 2.54. The van der Waals surface area contributed by atoms with Crippen molar-refractivity contribution in [1.82, 2.24) is 0 Å². The summed E-state index contributed by atoms with van der Waals surface area (Å²) in [7, 11) is -4.44. The molecular formula is C17H14NNaO5S. The van der Waals surface area contributed by atoms with E-state index >= 15 is 0 Å². The predicted molar refractivity (Wildman–Crippen MR) is 90.9 cm³/mol. The molecule has 0 aliphatic carbocycles. The monoisotopic (exact) mass is 367 g/mol. The van der Waals surface area contributed by atoms with Crippen LogP contribution in [-0.2, 0) is 10.1 Å². The topological polar surface area (TPSA) is 104 Å². The molecule has 0 aliphatic heterocycles. The van der Waals surface area contributed by atoms with E-state index in [0.29, 0.717) is 16.6 Å². The molecule has 3 N–H and O–H groups in total. The smallest absolute Gasteiger partial charge is 1.00 e. The number of hydrogen-bond donors (Lipinski definition) is 3. The third-order valence-corrected chi connectivity index (χ3v) is 4.34. The van der Waals surface area contributed by atoms with Crippen LogP contribution in [-0.4, -0.2) is 24.0 Å². The van der Waals surface area contributed by atoms with Crippen LogP contribution < -0.4 is 34.9 Å². The minimum absolute atomic E-state index is 0. The van der Waals surface area contributed by atoms with Crippen molar-refractivity contribution in [2.45, 2.75) is 4.90 Å². The molecule has 0 saturated carbocycles. The molecule has 3 rings (SSSR count). The van der Waals surface area contributed by atoms with Gasteiger partial charge in [-0.2, -0.15) is 8.42 Å². The minimum atomic E-state index is -4.44. The van der Waals surface area contributed by atoms with Gasteiger partial charge in [0.1, 0.15) is 5.75 Å². The Morgan fingerprint density at radius 3 is 2.32 bits per heavy atom. The van der Waals surface area contributed by atoms with E-state index in [1.807, 2.05) is 0 Å². The van der Waals surface area contributed by atoms with E-state index in [1.165, 1.54) is 6.07 Å². The fourth-order valence-electron chi connectivity index (χ4n) is 2.42. The summed E-state index contributed by atoms with van der Waals surface area (Å²) < 4.78 is 31.6. The molecule has 1 amide bonds. The molecule has 3 aromatic rings. The van der Waals surface area contributed by atoms with Gasteiger partial charge in [-0.05, 0) is 29.7 Å². The zero-order chi connectivity index (χ0) is 17.3. The maximum absolute atomic E-state index is 12.3. The van der Waals surface area contributed by atoms with Crippen molar-refractivity contribution in [2.24, 2.45) is 0 Å². The third-order valence-electron chi connectivity index (χ3n) is 3.51. The summed E-state index contributed by atoms with van der Waals surface area (Å²) >= 11 is 0. The van der Waals surface area contributed by atoms with Crippen LogP contribution in [0.4, 0.5) is 5.69 Å². The van der Waals surface area contributed by atoms with Crippen LogP contribution in [0.3, 0.4) is 0 Å². The molecule has 6 nitrogen and oxygen atoms in total. The second-order valence-corrected chi connectivity index (χ2v) is 6.56. The number of phenolic OH excluding ortho intramolecular Hbond substituents is 1. The van der Waals surface area contributed by atoms with Crippen molar-refractivity contribution >= 4 is 32.5 Å². The van der Waals surface area contributed by atoms with Crippen LogP contribution >= 0.6 is 0 Å². The molecule has 0 radical (unpaired) electrons. The standard InChI is InChI=1S/C17H13NO5S.Na.H/c19-15-10-13(24(21,22)23)9-12-7-4-8-14(16(12)15)18-17(20)11-5-2-1-3-6-11;;/h1-10,19H,(H,18,20)(H,21,22,23);;/q;+1;-1. The molecular weight excluding hydrogens is 353 g/mol. The maximum Gasteiger partial charge on any atom is 1.00 e. The fourth-order valence-corrected chi connectivity index (χ4v) is 2.95. The quantitative estimate of drug-likeness (QED) is 0.452. The summed E-state index contributed by atoms with van der Waals surface area (Å²) in [5.41, 5.74) is 0.782. The van der Waals surface area contributed by atoms with Gasteiger partial charge in [0.05, 0.1) is 10.6 Å². The molecule has 3 aromatic carbocycles. The largest absolute Gasteiger partial charge is 1.00 e. The predicted octanol–water partition coefficient (Wildman–Crippen LogP) is 0.161. The van der Waals surface area contributed by atoms with Crippen molar-refractivity contribution < 1.29 is 53.9 Å². The molecule has 0 fully saturated rings. The second-order valence-electron chi connectivity index (χ2n) is 5.14. The zero-order valence-electron chi connectivity index (χ0n) is 14.3. The SMILES string of the molecule is O=C(Nc1cccc2cc(S(=O)(=O)O)cc(O)c12)c1ccccc1.[H-].[Na+]. The summed E-state index contributed by atoms with van der Waals surface area (Å²) in [6, 6.07) is 15.5. The van der Waals surface area contributed by atoms with Gasteiger partial charge in [0.2, 0.25) is 0 Å². The first-order valence-electron chi connectivity index (χ1n) is 6.96. The number of amides is 1. The Kier molecular flexibility index (Phi) is 5.87. The number of rotatable bonds is 3. The van der Waals surface area contributed by atoms with Gasteiger partial charge in [-0.3, -0.25) is 9.35 Å². The molecule has 0 bridgehead atoms. The summed E-state index contributed by atoms with van der Waals surface area (Å²) in [5, 5.41) is 13.5. The normalized spacial score (nSPS) is 10.9. The van der Waals surface area contributed by atoms with Crippen LogP contribution in [0.15, 0.2) is 65.6 Å². The maximum atomic E-state index is 12.3. The molecule has 124 valence electrons. The van der Waals surface area contributed by atoms with Crippen molar-refractivity contribution in [3.63, 3.8) is 0 Å². The minimum Gasteiger partial charge on any atom is -1.00 e. The Bertz CT molecular complexity index is 1040. The van der Waals surface area contributed by atoms with E-state index < -0.39 is 15.0 Å². The van der Waals surface area contributed by atoms with E-state index in [0.717, 1.165) is 6.07 Å². The van der Waals surface area contributed by atoms with Crippen molar-refractivity contribution in [1.29, 1.82) is 0 Å². The molecule has 8 heteroatoms. The molecule has 0 saturated heterocycles. The first-order chi connectivity index (χ1) is 11.4. The van der Waals surface area contributed by atoms with E-state index in [1.54, 1.807) is 48.5 Å². The average molecular weight is 367 g/mol. The number of fused-ring (bicyclic) bond motifs is 1. The first-order valence-corrected chi connectivity index (χ1v) is 8.40. The molecule has 25 heavy (non-hydrogen) atoms. The Balaban J connectivity index is 0.00000169. The number of carbonyl (C=O) groups is 1. The number of benzene rings is 3. The van der Waals surface area contributed by atoms with Gasteiger partial charge >= 0.3 is 29.6 Å². The zero-order valence-corrected chi connectivity index (χ0v) is 16.1. The van der Waals surface area contributed by atoms with Gasteiger partial charge in [-0.1, -0.05) is 30.3 Å². The Morgan fingerprint density at radius 1 is 1.00 bits per heavy atom. The number of phenols is 1. The molecule has 0 heterocycles. The van der Waals surface area contributed by atoms with Gasteiger partial charge in [0.25, 0.3) is 16.0 Å². The van der Waals surface area contributed by atoms with Crippen LogP contribution in [0.25, 0.3) is 10.8 Å². The summed E-state index contributed by atoms with van der Waals surface area (Å²) in [5.74, 6) is -0.717.